The molecule has 5 heterocycles. The van der Waals surface area contributed by atoms with E-state index in [4.69, 9.17) is 16.3 Å². The molecule has 2 atom stereocenters. The molecule has 0 bridgehead atoms. The Bertz CT molecular complexity index is 3700. The zero-order valence-electron chi connectivity index (χ0n) is 48.4. The molecule has 4 aromatic carbocycles. The Morgan fingerprint density at radius 1 is 0.953 bits per heavy atom. The van der Waals surface area contributed by atoms with E-state index >= 15 is 0 Å². The monoisotopic (exact) mass is 1270 g/mol. The molecule has 3 fully saturated rings. The summed E-state index contributed by atoms with van der Waals surface area (Å²) >= 11 is 9.93. The van der Waals surface area contributed by atoms with Gasteiger partial charge in [-0.15, -0.1) is 0 Å². The number of fused-ring (bicyclic) bond motifs is 2. The van der Waals surface area contributed by atoms with Crippen LogP contribution >= 0.6 is 27.5 Å². The minimum atomic E-state index is -4.60. The lowest BCUT2D eigenvalue weighted by Crippen LogP contribution is -2.55. The summed E-state index contributed by atoms with van der Waals surface area (Å²) < 4.78 is 37.2. The fraction of sp³-hybridized carbons (Fsp3) is 0.413. The number of allylic oxidation sites excluding steroid dienone is 1. The van der Waals surface area contributed by atoms with Crippen molar-refractivity contribution in [2.24, 2.45) is 11.3 Å². The highest BCUT2D eigenvalue weighted by Crippen LogP contribution is 2.43. The third-order valence-electron chi connectivity index (χ3n) is 17.6. The van der Waals surface area contributed by atoms with Crippen molar-refractivity contribution in [3.05, 3.63) is 145 Å². The molecule has 2 aliphatic carbocycles. The van der Waals surface area contributed by atoms with Crippen molar-refractivity contribution in [2.75, 3.05) is 61.7 Å². The van der Waals surface area contributed by atoms with Crippen molar-refractivity contribution in [1.82, 2.24) is 40.0 Å². The van der Waals surface area contributed by atoms with Crippen molar-refractivity contribution < 1.29 is 37.5 Å². The fourth-order valence-electron chi connectivity index (χ4n) is 12.8. The maximum atomic E-state index is 14.1. The second-order valence-corrected chi connectivity index (χ2v) is 27.2. The number of carbonyl (C=O) groups excluding carboxylic acids is 4. The highest BCUT2D eigenvalue weighted by molar-refractivity contribution is 9.10. The van der Waals surface area contributed by atoms with Crippen LogP contribution in [0.15, 0.2) is 112 Å². The molecule has 86 heavy (non-hydrogen) atoms. The van der Waals surface area contributed by atoms with Gasteiger partial charge in [0.2, 0.25) is 11.8 Å². The first-order valence-electron chi connectivity index (χ1n) is 29.5. The second kappa shape index (κ2) is 25.8. The maximum Gasteiger partial charge on any atom is 0.268 e. The molecule has 2 aromatic heterocycles. The van der Waals surface area contributed by atoms with E-state index in [0.717, 1.165) is 98.2 Å². The van der Waals surface area contributed by atoms with Crippen molar-refractivity contribution in [3.63, 3.8) is 0 Å². The number of imide groups is 1. The van der Waals surface area contributed by atoms with Crippen LogP contribution in [-0.2, 0) is 32.7 Å². The Balaban J connectivity index is 0.678. The maximum absolute atomic E-state index is 14.1. The topological polar surface area (TPSA) is 257 Å². The smallest absolute Gasteiger partial charge is 0.268 e. The molecule has 4 amide bonds. The lowest BCUT2D eigenvalue weighted by Gasteiger charge is -2.45. The van der Waals surface area contributed by atoms with Crippen LogP contribution in [-0.4, -0.2) is 126 Å². The Morgan fingerprint density at radius 3 is 2.52 bits per heavy atom. The number of piperidine rings is 1. The number of aromatic amines is 1. The van der Waals surface area contributed by atoms with E-state index in [-0.39, 0.29) is 63.5 Å². The number of piperazine rings is 1. The number of pyridine rings is 1. The van der Waals surface area contributed by atoms with E-state index in [9.17, 15) is 38.0 Å². The lowest BCUT2D eigenvalue weighted by atomic mass is 9.72. The highest BCUT2D eigenvalue weighted by Gasteiger charge is 2.41. The van der Waals surface area contributed by atoms with Gasteiger partial charge in [0.05, 0.1) is 28.0 Å². The van der Waals surface area contributed by atoms with E-state index in [2.05, 4.69) is 101 Å². The minimum absolute atomic E-state index is 0.0721. The van der Waals surface area contributed by atoms with E-state index in [1.807, 2.05) is 24.3 Å². The van der Waals surface area contributed by atoms with Gasteiger partial charge in [0.15, 0.2) is 0 Å². The number of hydrogen-bond acceptors (Lipinski definition) is 16. The van der Waals surface area contributed by atoms with Gasteiger partial charge in [-0.1, -0.05) is 59.1 Å². The molecular formula is C63H72BrClN11O9S-. The summed E-state index contributed by atoms with van der Waals surface area (Å²) in [6.45, 7) is 12.8. The molecule has 5 aliphatic rings. The molecule has 11 rings (SSSR count). The van der Waals surface area contributed by atoms with Gasteiger partial charge in [0.25, 0.3) is 21.8 Å². The quantitative estimate of drug-likeness (QED) is 0.0213. The Hall–Kier alpha value is -6.89. The van der Waals surface area contributed by atoms with E-state index in [0.29, 0.717) is 72.9 Å². The Morgan fingerprint density at radius 2 is 1.76 bits per heavy atom. The first kappa shape index (κ1) is 60.8. The number of sulfonamides is 1. The molecule has 23 heteroatoms. The van der Waals surface area contributed by atoms with Crippen LogP contribution in [0.25, 0.3) is 16.6 Å². The number of carbonyl (C=O) groups is 4. The normalized spacial score (nSPS) is 21.1. The number of anilines is 3. The molecule has 454 valence electrons. The van der Waals surface area contributed by atoms with Gasteiger partial charge in [0.1, 0.15) is 23.2 Å². The molecule has 1 saturated carbocycles. The van der Waals surface area contributed by atoms with Gasteiger partial charge in [-0.2, -0.15) is 0 Å². The van der Waals surface area contributed by atoms with Crippen LogP contribution in [0.1, 0.15) is 116 Å². The van der Waals surface area contributed by atoms with Crippen molar-refractivity contribution in [1.29, 1.82) is 0 Å². The van der Waals surface area contributed by atoms with Crippen molar-refractivity contribution >= 4 is 94.9 Å². The SMILES string of the molecule is C[C@H]1CN(C2CCC(CNc3ccc(S(=O)(=O)NC(=O)c4ccc(NCCNCC5=C(c6ccc(Cl)cc6)CC(C)(C)CC5)cc4Oc4cnc5[nH]ccc5c4)cc3N([O-])O)CC2)CCN1Cc1cc(Br)c2c(c1)C(=O)N(C1CCC(=O)NC1=O)C2. The summed E-state index contributed by atoms with van der Waals surface area (Å²) in [7, 11) is -4.60. The molecule has 1 unspecified atom stereocenters. The molecule has 7 N–H and O–H groups in total. The number of rotatable bonds is 20. The molecule has 20 nitrogen and oxygen atoms in total. The summed E-state index contributed by atoms with van der Waals surface area (Å²) in [5.74, 6) is -1.27. The number of H-pyrrole nitrogens is 1. The third-order valence-corrected chi connectivity index (χ3v) is 19.9. The predicted molar refractivity (Wildman–Crippen MR) is 335 cm³/mol. The third kappa shape index (κ3) is 13.9. The van der Waals surface area contributed by atoms with Crippen molar-refractivity contribution in [2.45, 2.75) is 115 Å². The number of amides is 4. The number of halogens is 2. The first-order valence-corrected chi connectivity index (χ1v) is 32.1. The number of nitrogens with zero attached hydrogens (tertiary/aromatic N) is 5. The molecule has 2 saturated heterocycles. The summed E-state index contributed by atoms with van der Waals surface area (Å²) in [5.41, 5.74) is 7.68. The van der Waals surface area contributed by atoms with Crippen LogP contribution in [0.3, 0.4) is 0 Å². The highest BCUT2D eigenvalue weighted by atomic mass is 79.9. The second-order valence-electron chi connectivity index (χ2n) is 24.2. The van der Waals surface area contributed by atoms with Gasteiger partial charge in [-0.05, 0) is 159 Å². The Labute approximate surface area is 514 Å². The molecule has 3 aliphatic heterocycles. The molecular weight excluding hydrogens is 1200 g/mol. The lowest BCUT2D eigenvalue weighted by molar-refractivity contribution is -0.136. The summed E-state index contributed by atoms with van der Waals surface area (Å²) in [6, 6.07) is 24.1. The van der Waals surface area contributed by atoms with E-state index in [1.54, 1.807) is 29.3 Å². The first-order chi connectivity index (χ1) is 41.2. The number of nitrogens with one attached hydrogen (secondary N) is 6. The summed E-state index contributed by atoms with van der Waals surface area (Å²) in [5, 5.41) is 36.6. The van der Waals surface area contributed by atoms with Crippen LogP contribution in [0.5, 0.6) is 11.5 Å². The van der Waals surface area contributed by atoms with Gasteiger partial charge in [0, 0.05) is 116 Å². The van der Waals surface area contributed by atoms with Crippen LogP contribution < -0.4 is 36.0 Å². The number of hydrogen-bond donors (Lipinski definition) is 7. The number of benzene rings is 4. The average Bonchev–Trinajstić information content (AvgIpc) is 1.81. The average molecular weight is 1270 g/mol. The molecule has 6 aromatic rings. The van der Waals surface area contributed by atoms with Crippen LogP contribution in [0, 0.1) is 16.5 Å². The standard InChI is InChI=1S/C63H72BrClN11O9S/c1-38-35-74(25-24-73(38)36-40-26-50-52(53(64)27-40)37-75(62(50)80)55-16-17-58(77)71-61(55)79)46-11-4-39(5-12-46)32-69-54-15-13-48(30-56(54)76(81)82)86(83,84)72-60(78)49-14-10-45(29-57(49)85-47-28-42-19-21-68-59(42)70-34-47)67-23-22-66-33-43-18-20-63(2,3)31-51(43)41-6-8-44(65)9-7-41/h6-10,13-15,19,21,26-30,34,38-39,46,55,66-67,69,81H,4-5,11-12,16-18,20,22-25,31-33,35-37H2,1-3H3,(H,68,70)(H,72,78)(H,71,77,79)/q-1/t38-,39?,46?,55?/m0/s1. The summed E-state index contributed by atoms with van der Waals surface area (Å²) in [4.78, 5) is 65.7. The largest absolute Gasteiger partial charge is 0.733 e. The number of ether oxygens (including phenoxy) is 1. The predicted octanol–water partition coefficient (Wildman–Crippen LogP) is 10.2. The van der Waals surface area contributed by atoms with Crippen LogP contribution in [0.4, 0.5) is 17.1 Å². The van der Waals surface area contributed by atoms with E-state index in [1.165, 1.54) is 41.1 Å². The molecule has 0 spiro atoms. The van der Waals surface area contributed by atoms with Gasteiger partial charge in [-0.25, -0.2) is 18.1 Å². The number of aromatic nitrogens is 2. The molecule has 0 radical (unpaired) electrons. The van der Waals surface area contributed by atoms with Crippen molar-refractivity contribution in [3.8, 4) is 11.5 Å². The van der Waals surface area contributed by atoms with Gasteiger partial charge < -0.3 is 41.0 Å². The summed E-state index contributed by atoms with van der Waals surface area (Å²) in [6.07, 6.45) is 10.6. The Kier molecular flexibility index (Phi) is 18.3. The zero-order chi connectivity index (χ0) is 60.4. The fourth-order valence-corrected chi connectivity index (χ4v) is 14.5. The van der Waals surface area contributed by atoms with Gasteiger partial charge >= 0.3 is 0 Å². The van der Waals surface area contributed by atoms with E-state index < -0.39 is 32.8 Å². The zero-order valence-corrected chi connectivity index (χ0v) is 51.5. The van der Waals surface area contributed by atoms with Crippen LogP contribution in [0.2, 0.25) is 5.02 Å². The van der Waals surface area contributed by atoms with Gasteiger partial charge in [-0.3, -0.25) is 39.5 Å². The minimum Gasteiger partial charge on any atom is -0.733 e.